The van der Waals surface area contributed by atoms with E-state index >= 15 is 0 Å². The second-order valence-corrected chi connectivity index (χ2v) is 6.05. The molecule has 0 amide bonds. The van der Waals surface area contributed by atoms with Gasteiger partial charge in [-0.25, -0.2) is 4.39 Å². The van der Waals surface area contributed by atoms with E-state index in [1.807, 2.05) is 12.1 Å². The van der Waals surface area contributed by atoms with Crippen LogP contribution >= 0.6 is 15.9 Å². The van der Waals surface area contributed by atoms with Crippen molar-refractivity contribution in [2.24, 2.45) is 0 Å². The molecule has 0 aromatic heterocycles. The summed E-state index contributed by atoms with van der Waals surface area (Å²) in [5.74, 6) is 0.737. The Kier molecular flexibility index (Phi) is 4.15. The Balaban J connectivity index is 1.83. The lowest BCUT2D eigenvalue weighted by atomic mass is 10.0. The van der Waals surface area contributed by atoms with E-state index in [9.17, 15) is 4.39 Å². The molecule has 2 nitrogen and oxygen atoms in total. The smallest absolute Gasteiger partial charge is 0.139 e. The van der Waals surface area contributed by atoms with Gasteiger partial charge in [-0.3, -0.25) is 0 Å². The van der Waals surface area contributed by atoms with E-state index in [1.165, 1.54) is 17.2 Å². The van der Waals surface area contributed by atoms with E-state index < -0.39 is 0 Å². The zero-order valence-corrected chi connectivity index (χ0v) is 13.4. The molecule has 3 rings (SSSR count). The first-order valence-corrected chi connectivity index (χ1v) is 7.94. The normalized spacial score (nSPS) is 14.4. The number of ether oxygens (including phenoxy) is 1. The molecule has 1 unspecified atom stereocenters. The van der Waals surface area contributed by atoms with E-state index in [2.05, 4.69) is 40.3 Å². The third-order valence-electron chi connectivity index (χ3n) is 3.78. The summed E-state index contributed by atoms with van der Waals surface area (Å²) in [5, 5.41) is 3.40. The zero-order chi connectivity index (χ0) is 14.8. The third-order valence-corrected chi connectivity index (χ3v) is 4.43. The molecule has 0 radical (unpaired) electrons. The minimum absolute atomic E-state index is 0.163. The second-order valence-electron chi connectivity index (χ2n) is 5.20. The van der Waals surface area contributed by atoms with Gasteiger partial charge >= 0.3 is 0 Å². The summed E-state index contributed by atoms with van der Waals surface area (Å²) in [6.07, 6.45) is 1.89. The number of halogens is 2. The molecule has 4 heteroatoms. The molecular formula is C17H17BrFNO. The van der Waals surface area contributed by atoms with Gasteiger partial charge in [0.15, 0.2) is 0 Å². The Labute approximate surface area is 132 Å². The molecule has 0 aliphatic carbocycles. The van der Waals surface area contributed by atoms with Gasteiger partial charge in [0.1, 0.15) is 11.6 Å². The van der Waals surface area contributed by atoms with Crippen LogP contribution in [0.5, 0.6) is 5.75 Å². The summed E-state index contributed by atoms with van der Waals surface area (Å²) >= 11 is 3.17. The van der Waals surface area contributed by atoms with Crippen molar-refractivity contribution in [3.63, 3.8) is 0 Å². The lowest BCUT2D eigenvalue weighted by Gasteiger charge is -2.19. The van der Waals surface area contributed by atoms with E-state index in [-0.39, 0.29) is 11.9 Å². The van der Waals surface area contributed by atoms with Gasteiger partial charge in [-0.15, -0.1) is 0 Å². The van der Waals surface area contributed by atoms with Gasteiger partial charge in [0.05, 0.1) is 17.1 Å². The maximum atomic E-state index is 13.6. The second kappa shape index (κ2) is 6.06. The highest BCUT2D eigenvalue weighted by Crippen LogP contribution is 2.31. The van der Waals surface area contributed by atoms with Crippen LogP contribution < -0.4 is 10.1 Å². The van der Waals surface area contributed by atoms with Crippen LogP contribution in [-0.4, -0.2) is 6.61 Å². The minimum atomic E-state index is -0.253. The standard InChI is InChI=1S/C17H17BrFNO/c1-2-16(20-13-4-5-14(18)15(19)10-13)11-3-6-17-12(9-11)7-8-21-17/h3-6,9-10,16,20H,2,7-8H2,1H3. The number of fused-ring (bicyclic) bond motifs is 1. The summed E-state index contributed by atoms with van der Waals surface area (Å²) in [5.41, 5.74) is 3.26. The van der Waals surface area contributed by atoms with Gasteiger partial charge in [-0.2, -0.15) is 0 Å². The topological polar surface area (TPSA) is 21.3 Å². The van der Waals surface area contributed by atoms with Gasteiger partial charge in [0.25, 0.3) is 0 Å². The van der Waals surface area contributed by atoms with Crippen LogP contribution in [0.3, 0.4) is 0 Å². The highest BCUT2D eigenvalue weighted by atomic mass is 79.9. The van der Waals surface area contributed by atoms with E-state index in [0.29, 0.717) is 4.47 Å². The molecule has 1 heterocycles. The minimum Gasteiger partial charge on any atom is -0.493 e. The summed E-state index contributed by atoms with van der Waals surface area (Å²) in [6, 6.07) is 11.6. The van der Waals surface area contributed by atoms with Crippen LogP contribution in [0, 0.1) is 5.82 Å². The molecule has 0 saturated carbocycles. The zero-order valence-electron chi connectivity index (χ0n) is 11.8. The summed E-state index contributed by atoms with van der Waals surface area (Å²) < 4.78 is 19.6. The Morgan fingerprint density at radius 3 is 2.90 bits per heavy atom. The Morgan fingerprint density at radius 1 is 1.29 bits per heavy atom. The van der Waals surface area contributed by atoms with Gasteiger partial charge < -0.3 is 10.1 Å². The Hall–Kier alpha value is -1.55. The largest absolute Gasteiger partial charge is 0.493 e. The molecule has 0 fully saturated rings. The SMILES string of the molecule is CCC(Nc1ccc(Br)c(F)c1)c1ccc2c(c1)CCO2. The molecule has 2 aromatic rings. The lowest BCUT2D eigenvalue weighted by Crippen LogP contribution is -2.10. The first-order valence-electron chi connectivity index (χ1n) is 7.14. The maximum Gasteiger partial charge on any atom is 0.139 e. The highest BCUT2D eigenvalue weighted by molar-refractivity contribution is 9.10. The predicted octanol–water partition coefficient (Wildman–Crippen LogP) is 5.09. The van der Waals surface area contributed by atoms with Crippen molar-refractivity contribution in [2.45, 2.75) is 25.8 Å². The maximum absolute atomic E-state index is 13.6. The van der Waals surface area contributed by atoms with Crippen molar-refractivity contribution in [1.82, 2.24) is 0 Å². The first-order chi connectivity index (χ1) is 10.2. The van der Waals surface area contributed by atoms with E-state index in [1.54, 1.807) is 6.07 Å². The molecule has 1 atom stereocenters. The molecule has 0 spiro atoms. The Morgan fingerprint density at radius 2 is 2.14 bits per heavy atom. The van der Waals surface area contributed by atoms with E-state index in [4.69, 9.17) is 4.74 Å². The molecule has 0 saturated heterocycles. The van der Waals surface area contributed by atoms with Crippen molar-refractivity contribution in [3.05, 3.63) is 57.8 Å². The lowest BCUT2D eigenvalue weighted by molar-refractivity contribution is 0.357. The van der Waals surface area contributed by atoms with E-state index in [0.717, 1.165) is 30.9 Å². The number of nitrogens with one attached hydrogen (secondary N) is 1. The van der Waals surface area contributed by atoms with Gasteiger partial charge in [-0.1, -0.05) is 13.0 Å². The Bertz CT molecular complexity index is 659. The number of hydrogen-bond acceptors (Lipinski definition) is 2. The summed E-state index contributed by atoms with van der Waals surface area (Å²) in [7, 11) is 0. The van der Waals surface area contributed by atoms with Gasteiger partial charge in [0.2, 0.25) is 0 Å². The molecule has 0 bridgehead atoms. The average Bonchev–Trinajstić information content (AvgIpc) is 2.95. The van der Waals surface area contributed by atoms with Crippen LogP contribution in [0.25, 0.3) is 0 Å². The third kappa shape index (κ3) is 3.05. The van der Waals surface area contributed by atoms with Crippen molar-refractivity contribution in [1.29, 1.82) is 0 Å². The predicted molar refractivity (Wildman–Crippen MR) is 86.4 cm³/mol. The van der Waals surface area contributed by atoms with Crippen LogP contribution in [0.4, 0.5) is 10.1 Å². The van der Waals surface area contributed by atoms with Crippen LogP contribution in [0.1, 0.15) is 30.5 Å². The van der Waals surface area contributed by atoms with Gasteiger partial charge in [0, 0.05) is 12.1 Å². The number of anilines is 1. The van der Waals surface area contributed by atoms with Crippen LogP contribution in [0.2, 0.25) is 0 Å². The van der Waals surface area contributed by atoms with Crippen molar-refractivity contribution < 1.29 is 9.13 Å². The van der Waals surface area contributed by atoms with Gasteiger partial charge in [-0.05, 0) is 63.8 Å². The fourth-order valence-corrected chi connectivity index (χ4v) is 2.88. The number of hydrogen-bond donors (Lipinski definition) is 1. The molecule has 110 valence electrons. The molecular weight excluding hydrogens is 333 g/mol. The first kappa shape index (κ1) is 14.4. The summed E-state index contributed by atoms with van der Waals surface area (Å²) in [4.78, 5) is 0. The van der Waals surface area contributed by atoms with Crippen LogP contribution in [0.15, 0.2) is 40.9 Å². The van der Waals surface area contributed by atoms with Crippen molar-refractivity contribution >= 4 is 21.6 Å². The molecule has 1 aliphatic heterocycles. The molecule has 21 heavy (non-hydrogen) atoms. The summed E-state index contributed by atoms with van der Waals surface area (Å²) in [6.45, 7) is 2.89. The van der Waals surface area contributed by atoms with Crippen LogP contribution in [-0.2, 0) is 6.42 Å². The number of benzene rings is 2. The molecule has 1 N–H and O–H groups in total. The molecule has 1 aliphatic rings. The fraction of sp³-hybridized carbons (Fsp3) is 0.294. The average molecular weight is 350 g/mol. The number of rotatable bonds is 4. The van der Waals surface area contributed by atoms with Crippen molar-refractivity contribution in [2.75, 3.05) is 11.9 Å². The molecule has 2 aromatic carbocycles. The monoisotopic (exact) mass is 349 g/mol. The fourth-order valence-electron chi connectivity index (χ4n) is 2.63. The van der Waals surface area contributed by atoms with Crippen molar-refractivity contribution in [3.8, 4) is 5.75 Å². The quantitative estimate of drug-likeness (QED) is 0.830. The highest BCUT2D eigenvalue weighted by Gasteiger charge is 2.16.